The third kappa shape index (κ3) is 3.61. The molecule has 1 radical (unpaired) electrons. The molecule has 21 heavy (non-hydrogen) atoms. The molecule has 4 nitrogen and oxygen atoms in total. The minimum Gasteiger partial charge on any atom is -0.495 e. The molecule has 0 aliphatic rings. The number of halogens is 2. The first kappa shape index (κ1) is 15.9. The SMILES string of the molecule is COc1ccc(Oc2c(Cl)[c]ccc2Cl)cc1S(C)(=O)=O. The van der Waals surface area contributed by atoms with Crippen molar-refractivity contribution in [3.63, 3.8) is 0 Å². The average molecular weight is 346 g/mol. The molecule has 0 N–H and O–H groups in total. The smallest absolute Gasteiger partial charge is 0.179 e. The van der Waals surface area contributed by atoms with E-state index in [4.69, 9.17) is 32.7 Å². The molecule has 111 valence electrons. The van der Waals surface area contributed by atoms with Crippen LogP contribution in [-0.4, -0.2) is 21.8 Å². The van der Waals surface area contributed by atoms with Crippen LogP contribution in [0.25, 0.3) is 0 Å². The van der Waals surface area contributed by atoms with Crippen LogP contribution in [0.3, 0.4) is 0 Å². The van der Waals surface area contributed by atoms with E-state index >= 15 is 0 Å². The van der Waals surface area contributed by atoms with Crippen LogP contribution in [0.2, 0.25) is 10.0 Å². The lowest BCUT2D eigenvalue weighted by atomic mass is 10.3. The fourth-order valence-electron chi connectivity index (χ4n) is 1.66. The first-order chi connectivity index (χ1) is 9.82. The van der Waals surface area contributed by atoms with Crippen molar-refractivity contribution in [2.24, 2.45) is 0 Å². The van der Waals surface area contributed by atoms with Crippen molar-refractivity contribution >= 4 is 33.0 Å². The van der Waals surface area contributed by atoms with Gasteiger partial charge in [-0.3, -0.25) is 0 Å². The molecule has 0 bridgehead atoms. The Morgan fingerprint density at radius 2 is 1.90 bits per heavy atom. The van der Waals surface area contributed by atoms with Crippen molar-refractivity contribution in [3.8, 4) is 17.2 Å². The van der Waals surface area contributed by atoms with Gasteiger partial charge in [-0.15, -0.1) is 0 Å². The lowest BCUT2D eigenvalue weighted by Gasteiger charge is -2.12. The van der Waals surface area contributed by atoms with Crippen LogP contribution in [0.15, 0.2) is 35.2 Å². The zero-order valence-corrected chi connectivity index (χ0v) is 13.5. The van der Waals surface area contributed by atoms with Gasteiger partial charge >= 0.3 is 0 Å². The monoisotopic (exact) mass is 345 g/mol. The van der Waals surface area contributed by atoms with Crippen LogP contribution < -0.4 is 9.47 Å². The first-order valence-electron chi connectivity index (χ1n) is 5.74. The van der Waals surface area contributed by atoms with Crippen LogP contribution in [-0.2, 0) is 9.84 Å². The van der Waals surface area contributed by atoms with Crippen LogP contribution in [0, 0.1) is 6.07 Å². The molecule has 0 heterocycles. The standard InChI is InChI=1S/C14H11Cl2O4S/c1-19-12-7-6-9(8-13(12)21(2,17)18)20-14-10(15)4-3-5-11(14)16/h3-4,6-8H,1-2H3. The summed E-state index contributed by atoms with van der Waals surface area (Å²) in [6.07, 6.45) is 1.09. The lowest BCUT2D eigenvalue weighted by molar-refractivity contribution is 0.400. The number of hydrogen-bond donors (Lipinski definition) is 0. The number of hydrogen-bond acceptors (Lipinski definition) is 4. The quantitative estimate of drug-likeness (QED) is 0.840. The van der Waals surface area contributed by atoms with Crippen molar-refractivity contribution in [2.45, 2.75) is 4.90 Å². The summed E-state index contributed by atoms with van der Waals surface area (Å²) < 4.78 is 34.1. The number of benzene rings is 2. The molecule has 0 aromatic heterocycles. The molecule has 0 aliphatic carbocycles. The van der Waals surface area contributed by atoms with Gasteiger partial charge in [0.05, 0.1) is 17.2 Å². The summed E-state index contributed by atoms with van der Waals surface area (Å²) in [5.41, 5.74) is 0. The van der Waals surface area contributed by atoms with Gasteiger partial charge in [-0.1, -0.05) is 29.3 Å². The fourth-order valence-corrected chi connectivity index (χ4v) is 2.95. The van der Waals surface area contributed by atoms with Crippen molar-refractivity contribution < 1.29 is 17.9 Å². The highest BCUT2D eigenvalue weighted by Gasteiger charge is 2.17. The zero-order valence-electron chi connectivity index (χ0n) is 11.2. The van der Waals surface area contributed by atoms with Crippen molar-refractivity contribution in [1.82, 2.24) is 0 Å². The van der Waals surface area contributed by atoms with Gasteiger partial charge in [0.15, 0.2) is 15.6 Å². The van der Waals surface area contributed by atoms with Crippen LogP contribution >= 0.6 is 23.2 Å². The lowest BCUT2D eigenvalue weighted by Crippen LogP contribution is -2.01. The molecular formula is C14H11Cl2O4S. The van der Waals surface area contributed by atoms with E-state index in [9.17, 15) is 8.42 Å². The van der Waals surface area contributed by atoms with Crippen molar-refractivity contribution in [1.29, 1.82) is 0 Å². The van der Waals surface area contributed by atoms with Crippen LogP contribution in [0.4, 0.5) is 0 Å². The summed E-state index contributed by atoms with van der Waals surface area (Å²) in [5, 5.41) is 0.509. The molecule has 0 saturated carbocycles. The number of ether oxygens (including phenoxy) is 2. The molecule has 2 aromatic rings. The third-order valence-electron chi connectivity index (χ3n) is 2.61. The molecule has 0 spiro atoms. The van der Waals surface area contributed by atoms with Gasteiger partial charge in [-0.25, -0.2) is 8.42 Å². The van der Waals surface area contributed by atoms with Crippen molar-refractivity contribution in [3.05, 3.63) is 46.4 Å². The summed E-state index contributed by atoms with van der Waals surface area (Å²) in [7, 11) is -2.07. The normalized spacial score (nSPS) is 11.2. The van der Waals surface area contributed by atoms with Crippen LogP contribution in [0.5, 0.6) is 17.2 Å². The van der Waals surface area contributed by atoms with Gasteiger partial charge in [0.25, 0.3) is 0 Å². The minimum atomic E-state index is -3.46. The maximum Gasteiger partial charge on any atom is 0.179 e. The largest absolute Gasteiger partial charge is 0.495 e. The molecule has 0 fully saturated rings. The number of rotatable bonds is 4. The molecular weight excluding hydrogens is 335 g/mol. The molecule has 0 unspecified atom stereocenters. The minimum absolute atomic E-state index is 0.0228. The summed E-state index contributed by atoms with van der Waals surface area (Å²) in [6.45, 7) is 0. The Bertz CT molecular complexity index is 752. The summed E-state index contributed by atoms with van der Waals surface area (Å²) >= 11 is 12.0. The molecule has 0 atom stereocenters. The first-order valence-corrected chi connectivity index (χ1v) is 8.39. The molecule has 0 saturated heterocycles. The van der Waals surface area contributed by atoms with E-state index in [0.29, 0.717) is 5.02 Å². The Hall–Kier alpha value is -1.43. The maximum absolute atomic E-state index is 11.8. The molecule has 0 aliphatic heterocycles. The third-order valence-corrected chi connectivity index (χ3v) is 4.31. The zero-order chi connectivity index (χ0) is 15.6. The second-order valence-electron chi connectivity index (χ2n) is 4.16. The molecule has 2 aromatic carbocycles. The molecule has 0 amide bonds. The maximum atomic E-state index is 11.8. The highest BCUT2D eigenvalue weighted by molar-refractivity contribution is 7.90. The predicted molar refractivity (Wildman–Crippen MR) is 81.5 cm³/mol. The summed E-state index contributed by atoms with van der Waals surface area (Å²) in [6, 6.07) is 10.3. The van der Waals surface area contributed by atoms with Gasteiger partial charge in [0, 0.05) is 18.4 Å². The van der Waals surface area contributed by atoms with Crippen LogP contribution in [0.1, 0.15) is 0 Å². The Kier molecular flexibility index (Phi) is 4.66. The van der Waals surface area contributed by atoms with Gasteiger partial charge in [0.2, 0.25) is 0 Å². The van der Waals surface area contributed by atoms with E-state index in [2.05, 4.69) is 6.07 Å². The summed E-state index contributed by atoms with van der Waals surface area (Å²) in [4.78, 5) is 0.0228. The Labute approximate surface area is 133 Å². The van der Waals surface area contributed by atoms with E-state index in [1.807, 2.05) is 0 Å². The second kappa shape index (κ2) is 6.13. The van der Waals surface area contributed by atoms with Gasteiger partial charge < -0.3 is 9.47 Å². The van der Waals surface area contributed by atoms with E-state index in [1.165, 1.54) is 19.2 Å². The van der Waals surface area contributed by atoms with Gasteiger partial charge in [-0.2, -0.15) is 0 Å². The highest BCUT2D eigenvalue weighted by Crippen LogP contribution is 2.37. The second-order valence-corrected chi connectivity index (χ2v) is 6.92. The fraction of sp³-hybridized carbons (Fsp3) is 0.143. The van der Waals surface area contributed by atoms with E-state index in [1.54, 1.807) is 18.2 Å². The van der Waals surface area contributed by atoms with Gasteiger partial charge in [0.1, 0.15) is 16.4 Å². The van der Waals surface area contributed by atoms with Crippen molar-refractivity contribution in [2.75, 3.05) is 13.4 Å². The predicted octanol–water partition coefficient (Wildman–Crippen LogP) is 4.00. The molecule has 7 heteroatoms. The van der Waals surface area contributed by atoms with E-state index < -0.39 is 9.84 Å². The van der Waals surface area contributed by atoms with Gasteiger partial charge in [-0.05, 0) is 18.2 Å². The Morgan fingerprint density at radius 3 is 2.48 bits per heavy atom. The number of sulfone groups is 1. The average Bonchev–Trinajstić information content (AvgIpc) is 2.42. The molecule has 2 rings (SSSR count). The Balaban J connectivity index is 2.47. The highest BCUT2D eigenvalue weighted by atomic mass is 35.5. The van der Waals surface area contributed by atoms with E-state index in [0.717, 1.165) is 6.26 Å². The Morgan fingerprint density at radius 1 is 1.19 bits per heavy atom. The van der Waals surface area contributed by atoms with E-state index in [-0.39, 0.29) is 27.2 Å². The number of methoxy groups -OCH3 is 1. The topological polar surface area (TPSA) is 52.6 Å². The summed E-state index contributed by atoms with van der Waals surface area (Å²) in [5.74, 6) is 0.728.